The summed E-state index contributed by atoms with van der Waals surface area (Å²) in [5.41, 5.74) is 1.38. The molecule has 0 radical (unpaired) electrons. The molecule has 2 heteroatoms. The zero-order valence-corrected chi connectivity index (χ0v) is 8.62. The minimum atomic E-state index is 0.860. The zero-order chi connectivity index (χ0) is 7.68. The van der Waals surface area contributed by atoms with Gasteiger partial charge < -0.3 is 0 Å². The third kappa shape index (κ3) is 1.50. The second-order valence-corrected chi connectivity index (χ2v) is 4.14. The van der Waals surface area contributed by atoms with E-state index in [9.17, 15) is 0 Å². The summed E-state index contributed by atoms with van der Waals surface area (Å²) < 4.78 is 1.10. The van der Waals surface area contributed by atoms with Crippen molar-refractivity contribution in [1.29, 1.82) is 0 Å². The lowest BCUT2D eigenvalue weighted by Gasteiger charge is -2.33. The molecule has 1 aliphatic heterocycles. The molecule has 0 N–H and O–H groups in total. The van der Waals surface area contributed by atoms with E-state index in [0.717, 1.165) is 16.3 Å². The lowest BCUT2D eigenvalue weighted by Crippen LogP contribution is -2.25. The second kappa shape index (κ2) is 3.25. The van der Waals surface area contributed by atoms with Crippen LogP contribution in [0.2, 0.25) is 0 Å². The predicted octanol–water partition coefficient (Wildman–Crippen LogP) is 2.81. The lowest BCUT2D eigenvalue weighted by atomic mass is 9.72. The monoisotopic (exact) mass is 261 g/mol. The largest absolute Gasteiger partial charge is 0.265 e. The van der Waals surface area contributed by atoms with Crippen LogP contribution in [0, 0.1) is 11.8 Å². The van der Waals surface area contributed by atoms with Crippen molar-refractivity contribution in [2.45, 2.75) is 19.3 Å². The zero-order valence-electron chi connectivity index (χ0n) is 6.46. The molecular weight excluding hydrogens is 249 g/mol. The summed E-state index contributed by atoms with van der Waals surface area (Å²) in [6, 6.07) is 0. The Morgan fingerprint density at radius 2 is 2.45 bits per heavy atom. The van der Waals surface area contributed by atoms with E-state index in [4.69, 9.17) is 0 Å². The van der Waals surface area contributed by atoms with Crippen LogP contribution < -0.4 is 0 Å². The summed E-state index contributed by atoms with van der Waals surface area (Å²) in [5, 5.41) is 0. The van der Waals surface area contributed by atoms with Crippen LogP contribution in [0.25, 0.3) is 0 Å². The minimum Gasteiger partial charge on any atom is -0.265 e. The molecule has 2 rings (SSSR count). The molecule has 1 unspecified atom stereocenters. The first-order chi connectivity index (χ1) is 5.40. The summed E-state index contributed by atoms with van der Waals surface area (Å²) in [5.74, 6) is 1.79. The Morgan fingerprint density at radius 3 is 3.09 bits per heavy atom. The highest BCUT2D eigenvalue weighted by molar-refractivity contribution is 14.1. The van der Waals surface area contributed by atoms with Gasteiger partial charge in [0.2, 0.25) is 0 Å². The summed E-state index contributed by atoms with van der Waals surface area (Å²) in [4.78, 5) is 4.41. The normalized spacial score (nSPS) is 35.2. The highest BCUT2D eigenvalue weighted by Crippen LogP contribution is 2.39. The van der Waals surface area contributed by atoms with Gasteiger partial charge in [-0.1, -0.05) is 28.7 Å². The van der Waals surface area contributed by atoms with E-state index in [1.54, 1.807) is 0 Å². The average Bonchev–Trinajstić information content (AvgIpc) is 2.12. The predicted molar refractivity (Wildman–Crippen MR) is 56.3 cm³/mol. The molecule has 0 aromatic rings. The van der Waals surface area contributed by atoms with Crippen LogP contribution in [0.4, 0.5) is 0 Å². The van der Waals surface area contributed by atoms with E-state index in [0.29, 0.717) is 0 Å². The fourth-order valence-electron chi connectivity index (χ4n) is 1.81. The first kappa shape index (κ1) is 7.77. The van der Waals surface area contributed by atoms with Gasteiger partial charge in [-0.15, -0.1) is 0 Å². The topological polar surface area (TPSA) is 12.4 Å². The van der Waals surface area contributed by atoms with E-state index >= 15 is 0 Å². The van der Waals surface area contributed by atoms with Crippen molar-refractivity contribution in [3.8, 4) is 0 Å². The fraction of sp³-hybridized carbons (Fsp3) is 0.667. The van der Waals surface area contributed by atoms with E-state index in [1.807, 2.05) is 6.20 Å². The van der Waals surface area contributed by atoms with Crippen molar-refractivity contribution < 1.29 is 0 Å². The molecule has 2 atom stereocenters. The number of allylic oxidation sites excluding steroid dienone is 1. The third-order valence-corrected chi connectivity index (χ3v) is 3.60. The quantitative estimate of drug-likeness (QED) is 0.508. The first-order valence-electron chi connectivity index (χ1n) is 4.18. The first-order valence-corrected chi connectivity index (χ1v) is 5.71. The molecule has 1 nitrogen and oxygen atoms in total. The number of alkyl halides is 1. The number of fused-ring (bicyclic) bond motifs is 1. The van der Waals surface area contributed by atoms with E-state index < -0.39 is 0 Å². The molecule has 1 aliphatic carbocycles. The van der Waals surface area contributed by atoms with Crippen LogP contribution in [-0.2, 0) is 0 Å². The Hall–Kier alpha value is 0.140. The Bertz CT molecular complexity index is 208. The summed E-state index contributed by atoms with van der Waals surface area (Å²) in [6.07, 6.45) is 8.36. The number of rotatable bonds is 1. The molecule has 60 valence electrons. The second-order valence-electron chi connectivity index (χ2n) is 3.38. The van der Waals surface area contributed by atoms with Crippen molar-refractivity contribution in [2.24, 2.45) is 16.8 Å². The number of hydrogen-bond acceptors (Lipinski definition) is 1. The Kier molecular flexibility index (Phi) is 2.30. The fourth-order valence-corrected chi connectivity index (χ4v) is 2.31. The van der Waals surface area contributed by atoms with Gasteiger partial charge in [0.05, 0.1) is 0 Å². The summed E-state index contributed by atoms with van der Waals surface area (Å²) in [7, 11) is 0. The van der Waals surface area contributed by atoms with E-state index in [2.05, 4.69) is 33.7 Å². The maximum atomic E-state index is 4.41. The van der Waals surface area contributed by atoms with Gasteiger partial charge in [0.15, 0.2) is 0 Å². The van der Waals surface area contributed by atoms with Crippen molar-refractivity contribution >= 4 is 28.3 Å². The molecule has 0 amide bonds. The summed E-state index contributed by atoms with van der Waals surface area (Å²) in [6.45, 7) is 0. The van der Waals surface area contributed by atoms with Gasteiger partial charge in [-0.3, -0.25) is 4.99 Å². The molecule has 2 aliphatic rings. The molecule has 1 saturated carbocycles. The van der Waals surface area contributed by atoms with Crippen molar-refractivity contribution in [3.63, 3.8) is 0 Å². The van der Waals surface area contributed by atoms with Gasteiger partial charge in [0.25, 0.3) is 0 Å². The number of halogens is 1. The van der Waals surface area contributed by atoms with Gasteiger partial charge in [-0.05, 0) is 31.1 Å². The third-order valence-electron chi connectivity index (χ3n) is 2.72. The molecule has 0 bridgehead atoms. The van der Waals surface area contributed by atoms with Crippen LogP contribution in [0.15, 0.2) is 17.3 Å². The molecular formula is C9H12IN. The summed E-state index contributed by atoms with van der Waals surface area (Å²) >= 11 is 2.40. The highest BCUT2D eigenvalue weighted by atomic mass is 127. The van der Waals surface area contributed by atoms with Crippen molar-refractivity contribution in [3.05, 3.63) is 12.3 Å². The molecule has 0 aromatic carbocycles. The van der Waals surface area contributed by atoms with Gasteiger partial charge >= 0.3 is 0 Å². The Balaban J connectivity index is 2.07. The smallest absolute Gasteiger partial charge is 0.0381 e. The number of aliphatic imine (C=N–C) groups is 1. The van der Waals surface area contributed by atoms with Crippen molar-refractivity contribution in [1.82, 2.24) is 0 Å². The molecule has 0 saturated heterocycles. The van der Waals surface area contributed by atoms with Crippen LogP contribution in [-0.4, -0.2) is 10.1 Å². The molecule has 0 spiro atoms. The SMILES string of the molecule is ICC1=NC=CC2CC[C@@H]2C1. The molecule has 0 aromatic heterocycles. The van der Waals surface area contributed by atoms with E-state index in [-0.39, 0.29) is 0 Å². The van der Waals surface area contributed by atoms with Crippen molar-refractivity contribution in [2.75, 3.05) is 4.43 Å². The standard InChI is InChI=1S/C9H12IN/c10-6-9-5-8-2-1-7(8)3-4-11-9/h3-4,7-8H,1-2,5-6H2/t7?,8-/m1/s1. The molecule has 1 heterocycles. The number of hydrogen-bond donors (Lipinski definition) is 0. The maximum absolute atomic E-state index is 4.41. The molecule has 1 fully saturated rings. The Morgan fingerprint density at radius 1 is 1.55 bits per heavy atom. The molecule has 11 heavy (non-hydrogen) atoms. The van der Waals surface area contributed by atoms with Crippen LogP contribution >= 0.6 is 22.6 Å². The van der Waals surface area contributed by atoms with Crippen LogP contribution in [0.1, 0.15) is 19.3 Å². The van der Waals surface area contributed by atoms with E-state index in [1.165, 1.54) is 25.0 Å². The maximum Gasteiger partial charge on any atom is 0.0381 e. The van der Waals surface area contributed by atoms with Gasteiger partial charge in [-0.25, -0.2) is 0 Å². The van der Waals surface area contributed by atoms with Gasteiger partial charge in [-0.2, -0.15) is 0 Å². The Labute approximate surface area is 81.1 Å². The highest BCUT2D eigenvalue weighted by Gasteiger charge is 2.30. The average molecular weight is 261 g/mol. The van der Waals surface area contributed by atoms with Crippen LogP contribution in [0.3, 0.4) is 0 Å². The van der Waals surface area contributed by atoms with Gasteiger partial charge in [0.1, 0.15) is 0 Å². The number of nitrogens with zero attached hydrogens (tertiary/aromatic N) is 1. The minimum absolute atomic E-state index is 0.860. The van der Waals surface area contributed by atoms with Crippen LogP contribution in [0.5, 0.6) is 0 Å². The lowest BCUT2D eigenvalue weighted by molar-refractivity contribution is 0.237. The van der Waals surface area contributed by atoms with Gasteiger partial charge in [0, 0.05) is 16.3 Å².